The van der Waals surface area contributed by atoms with Crippen molar-refractivity contribution in [3.05, 3.63) is 46.2 Å². The molecule has 3 rings (SSSR count). The molecule has 1 fully saturated rings. The van der Waals surface area contributed by atoms with Gasteiger partial charge in [0.2, 0.25) is 11.5 Å². The van der Waals surface area contributed by atoms with Gasteiger partial charge in [-0.1, -0.05) is 24.6 Å². The highest BCUT2D eigenvalue weighted by molar-refractivity contribution is 5.86. The Bertz CT molecular complexity index is 821. The van der Waals surface area contributed by atoms with E-state index < -0.39 is 11.4 Å². The van der Waals surface area contributed by atoms with Gasteiger partial charge in [0.1, 0.15) is 0 Å². The Morgan fingerprint density at radius 2 is 2.00 bits per heavy atom. The van der Waals surface area contributed by atoms with Crippen LogP contribution in [0.25, 0.3) is 10.9 Å². The van der Waals surface area contributed by atoms with Gasteiger partial charge in [0.15, 0.2) is 0 Å². The average molecular weight is 314 g/mol. The predicted octanol–water partition coefficient (Wildman–Crippen LogP) is 1.79. The van der Waals surface area contributed by atoms with Crippen LogP contribution in [0.2, 0.25) is 0 Å². The van der Waals surface area contributed by atoms with Crippen LogP contribution in [-0.4, -0.2) is 22.0 Å². The zero-order valence-electron chi connectivity index (χ0n) is 12.6. The van der Waals surface area contributed by atoms with Crippen LogP contribution in [0.1, 0.15) is 31.2 Å². The Labute approximate surface area is 132 Å². The van der Waals surface area contributed by atoms with Crippen molar-refractivity contribution in [2.24, 2.45) is 5.41 Å². The normalized spacial score (nSPS) is 15.8. The maximum atomic E-state index is 12.1. The van der Waals surface area contributed by atoms with Crippen molar-refractivity contribution in [2.75, 3.05) is 0 Å². The number of benzene rings is 1. The molecule has 3 N–H and O–H groups in total. The second kappa shape index (κ2) is 5.87. The summed E-state index contributed by atoms with van der Waals surface area (Å²) in [6.45, 7) is 0.207. The third kappa shape index (κ3) is 2.97. The first-order valence-electron chi connectivity index (χ1n) is 7.61. The van der Waals surface area contributed by atoms with Gasteiger partial charge in [-0.2, -0.15) is 0 Å². The molecular formula is C17H18N2O4. The highest BCUT2D eigenvalue weighted by atomic mass is 16.4. The number of carboxylic acid groups (broad SMARTS) is 1. The SMILES string of the molecule is O=C(CC1(C(=O)O)CCC1)NCc1cc(=O)[nH]c2ccccc12. The highest BCUT2D eigenvalue weighted by Crippen LogP contribution is 2.44. The topological polar surface area (TPSA) is 99.3 Å². The maximum absolute atomic E-state index is 12.1. The van der Waals surface area contributed by atoms with Crippen molar-refractivity contribution in [1.29, 1.82) is 0 Å². The molecule has 0 unspecified atom stereocenters. The summed E-state index contributed by atoms with van der Waals surface area (Å²) < 4.78 is 0. The molecule has 1 amide bonds. The lowest BCUT2D eigenvalue weighted by molar-refractivity contribution is -0.157. The third-order valence-electron chi connectivity index (χ3n) is 4.58. The van der Waals surface area contributed by atoms with Crippen LogP contribution in [0.15, 0.2) is 35.1 Å². The largest absolute Gasteiger partial charge is 0.481 e. The summed E-state index contributed by atoms with van der Waals surface area (Å²) in [7, 11) is 0. The molecule has 1 aromatic carbocycles. The van der Waals surface area contributed by atoms with Crippen molar-refractivity contribution in [1.82, 2.24) is 10.3 Å². The summed E-state index contributed by atoms with van der Waals surface area (Å²) in [5.74, 6) is -1.20. The van der Waals surface area contributed by atoms with Crippen LogP contribution in [0, 0.1) is 5.41 Å². The van der Waals surface area contributed by atoms with E-state index in [-0.39, 0.29) is 24.4 Å². The first-order valence-corrected chi connectivity index (χ1v) is 7.61. The lowest BCUT2D eigenvalue weighted by Crippen LogP contribution is -2.42. The number of amides is 1. The fraction of sp³-hybridized carbons (Fsp3) is 0.353. The number of carboxylic acids is 1. The fourth-order valence-corrected chi connectivity index (χ4v) is 3.06. The molecule has 1 saturated carbocycles. The molecule has 6 heteroatoms. The maximum Gasteiger partial charge on any atom is 0.310 e. The van der Waals surface area contributed by atoms with Gasteiger partial charge in [0, 0.05) is 29.9 Å². The average Bonchev–Trinajstić information content (AvgIpc) is 2.48. The van der Waals surface area contributed by atoms with Crippen molar-refractivity contribution in [2.45, 2.75) is 32.2 Å². The van der Waals surface area contributed by atoms with Gasteiger partial charge in [-0.3, -0.25) is 14.4 Å². The molecule has 1 aliphatic carbocycles. The van der Waals surface area contributed by atoms with Crippen molar-refractivity contribution in [3.63, 3.8) is 0 Å². The molecule has 120 valence electrons. The molecular weight excluding hydrogens is 296 g/mol. The van der Waals surface area contributed by atoms with Crippen molar-refractivity contribution in [3.8, 4) is 0 Å². The zero-order valence-corrected chi connectivity index (χ0v) is 12.6. The van der Waals surface area contributed by atoms with E-state index in [1.54, 1.807) is 6.07 Å². The number of pyridine rings is 1. The number of rotatable bonds is 5. The number of para-hydroxylation sites is 1. The van der Waals surface area contributed by atoms with Crippen LogP contribution in [0.5, 0.6) is 0 Å². The van der Waals surface area contributed by atoms with Crippen LogP contribution in [0.3, 0.4) is 0 Å². The van der Waals surface area contributed by atoms with Gasteiger partial charge in [-0.25, -0.2) is 0 Å². The Hall–Kier alpha value is -2.63. The number of hydrogen-bond donors (Lipinski definition) is 3. The standard InChI is InChI=1S/C17H18N2O4/c20-14-8-11(12-4-1-2-5-13(12)19-14)10-18-15(21)9-17(16(22)23)6-3-7-17/h1-2,4-5,8H,3,6-7,9-10H2,(H,18,21)(H,19,20)(H,22,23). The Morgan fingerprint density at radius 1 is 1.26 bits per heavy atom. The van der Waals surface area contributed by atoms with E-state index in [1.165, 1.54) is 6.07 Å². The van der Waals surface area contributed by atoms with Crippen LogP contribution in [0.4, 0.5) is 0 Å². The Balaban J connectivity index is 1.72. The number of nitrogens with one attached hydrogen (secondary N) is 2. The summed E-state index contributed by atoms with van der Waals surface area (Å²) in [6.07, 6.45) is 1.93. The van der Waals surface area contributed by atoms with E-state index in [9.17, 15) is 19.5 Å². The van der Waals surface area contributed by atoms with Gasteiger partial charge >= 0.3 is 5.97 Å². The number of aliphatic carboxylic acids is 1. The van der Waals surface area contributed by atoms with Gasteiger partial charge in [-0.05, 0) is 24.5 Å². The molecule has 0 saturated heterocycles. The van der Waals surface area contributed by atoms with E-state index in [0.717, 1.165) is 17.4 Å². The number of H-pyrrole nitrogens is 1. The molecule has 0 radical (unpaired) electrons. The quantitative estimate of drug-likeness (QED) is 0.783. The predicted molar refractivity (Wildman–Crippen MR) is 85.0 cm³/mol. The molecule has 0 aliphatic heterocycles. The number of hydrogen-bond acceptors (Lipinski definition) is 3. The minimum Gasteiger partial charge on any atom is -0.481 e. The second-order valence-corrected chi connectivity index (χ2v) is 6.10. The van der Waals surface area contributed by atoms with Crippen molar-refractivity contribution >= 4 is 22.8 Å². The first kappa shape index (κ1) is 15.3. The molecule has 0 spiro atoms. The molecule has 2 aromatic rings. The summed E-state index contributed by atoms with van der Waals surface area (Å²) in [5.41, 5.74) is 0.301. The summed E-state index contributed by atoms with van der Waals surface area (Å²) in [5, 5.41) is 12.9. The summed E-state index contributed by atoms with van der Waals surface area (Å²) >= 11 is 0. The number of aromatic nitrogens is 1. The molecule has 0 bridgehead atoms. The minimum absolute atomic E-state index is 0.0105. The third-order valence-corrected chi connectivity index (χ3v) is 4.58. The fourth-order valence-electron chi connectivity index (χ4n) is 3.06. The van der Waals surface area contributed by atoms with Gasteiger partial charge in [-0.15, -0.1) is 0 Å². The van der Waals surface area contributed by atoms with E-state index in [2.05, 4.69) is 10.3 Å². The smallest absolute Gasteiger partial charge is 0.310 e. The van der Waals surface area contributed by atoms with E-state index >= 15 is 0 Å². The van der Waals surface area contributed by atoms with Crippen LogP contribution in [-0.2, 0) is 16.1 Å². The number of fused-ring (bicyclic) bond motifs is 1. The van der Waals surface area contributed by atoms with Gasteiger partial charge in [0.25, 0.3) is 0 Å². The number of aromatic amines is 1. The molecule has 1 heterocycles. The Morgan fingerprint density at radius 3 is 2.65 bits per heavy atom. The van der Waals surface area contributed by atoms with E-state index in [0.29, 0.717) is 18.4 Å². The van der Waals surface area contributed by atoms with E-state index in [1.807, 2.05) is 18.2 Å². The lowest BCUT2D eigenvalue weighted by Gasteiger charge is -2.36. The van der Waals surface area contributed by atoms with Crippen LogP contribution < -0.4 is 10.9 Å². The lowest BCUT2D eigenvalue weighted by atomic mass is 9.66. The first-order chi connectivity index (χ1) is 11.0. The molecule has 1 aliphatic rings. The summed E-state index contributed by atoms with van der Waals surface area (Å²) in [4.78, 5) is 37.8. The second-order valence-electron chi connectivity index (χ2n) is 6.10. The van der Waals surface area contributed by atoms with E-state index in [4.69, 9.17) is 0 Å². The summed E-state index contributed by atoms with van der Waals surface area (Å²) in [6, 6.07) is 8.82. The van der Waals surface area contributed by atoms with Gasteiger partial charge in [0.05, 0.1) is 5.41 Å². The molecule has 6 nitrogen and oxygen atoms in total. The number of carbonyl (C=O) groups excluding carboxylic acids is 1. The highest BCUT2D eigenvalue weighted by Gasteiger charge is 2.45. The zero-order chi connectivity index (χ0) is 16.4. The van der Waals surface area contributed by atoms with Crippen LogP contribution >= 0.6 is 0 Å². The molecule has 23 heavy (non-hydrogen) atoms. The number of carbonyl (C=O) groups is 2. The minimum atomic E-state index is -0.902. The van der Waals surface area contributed by atoms with Crippen molar-refractivity contribution < 1.29 is 14.7 Å². The van der Waals surface area contributed by atoms with Gasteiger partial charge < -0.3 is 15.4 Å². The molecule has 1 aromatic heterocycles. The molecule has 0 atom stereocenters. The Kier molecular flexibility index (Phi) is 3.90. The monoisotopic (exact) mass is 314 g/mol.